The topological polar surface area (TPSA) is 14.1 Å². The Morgan fingerprint density at radius 3 is 3.00 bits per heavy atom. The van der Waals surface area contributed by atoms with Crippen LogP contribution >= 0.6 is 0 Å². The second-order valence-electron chi connectivity index (χ2n) is 5.40. The van der Waals surface area contributed by atoms with Crippen LogP contribution in [0.5, 0.6) is 0 Å². The Morgan fingerprint density at radius 1 is 1.35 bits per heavy atom. The molecule has 0 fully saturated rings. The van der Waals surface area contributed by atoms with E-state index >= 15 is 0 Å². The van der Waals surface area contributed by atoms with Crippen LogP contribution in [-0.2, 0) is 0 Å². The number of rotatable bonds is 3. The molecule has 0 amide bonds. The van der Waals surface area contributed by atoms with E-state index < -0.39 is 0 Å². The molecule has 1 heterocycles. The van der Waals surface area contributed by atoms with Crippen molar-refractivity contribution < 1.29 is 0 Å². The lowest BCUT2D eigenvalue weighted by atomic mass is 9.82. The van der Waals surface area contributed by atoms with Gasteiger partial charge in [0.2, 0.25) is 0 Å². The predicted octanol–water partition coefficient (Wildman–Crippen LogP) is 4.49. The molecule has 2 atom stereocenters. The predicted molar refractivity (Wildman–Crippen MR) is 72.0 cm³/mol. The van der Waals surface area contributed by atoms with Gasteiger partial charge in [0.15, 0.2) is 0 Å². The lowest BCUT2D eigenvalue weighted by Gasteiger charge is -2.21. The lowest BCUT2D eigenvalue weighted by Crippen LogP contribution is -2.10. The smallest absolute Gasteiger partial charge is 0.0708 e. The molecule has 2 aliphatic rings. The van der Waals surface area contributed by atoms with Crippen LogP contribution in [0.1, 0.15) is 45.1 Å². The third kappa shape index (κ3) is 1.69. The molecule has 0 bridgehead atoms. The molecule has 1 nitrogen and oxygen atoms in total. The van der Waals surface area contributed by atoms with Crippen molar-refractivity contribution in [1.29, 1.82) is 0 Å². The van der Waals surface area contributed by atoms with Gasteiger partial charge in [-0.15, -0.1) is 0 Å². The van der Waals surface area contributed by atoms with Crippen LogP contribution in [-0.4, -0.2) is 0 Å². The van der Waals surface area contributed by atoms with E-state index in [1.807, 2.05) is 0 Å². The maximum absolute atomic E-state index is 4.79. The van der Waals surface area contributed by atoms with Crippen LogP contribution in [0.15, 0.2) is 30.0 Å². The first-order valence-electron chi connectivity index (χ1n) is 6.85. The minimum Gasteiger partial charge on any atom is -0.253 e. The van der Waals surface area contributed by atoms with E-state index in [0.717, 1.165) is 11.8 Å². The maximum Gasteiger partial charge on any atom is 0.0708 e. The zero-order valence-electron chi connectivity index (χ0n) is 10.7. The Bertz CT molecular complexity index is 458. The first-order valence-corrected chi connectivity index (χ1v) is 6.85. The van der Waals surface area contributed by atoms with Crippen LogP contribution < -0.4 is 5.32 Å². The van der Waals surface area contributed by atoms with E-state index in [0.29, 0.717) is 0 Å². The van der Waals surface area contributed by atoms with Gasteiger partial charge in [-0.3, -0.25) is 5.32 Å². The van der Waals surface area contributed by atoms with Crippen molar-refractivity contribution >= 4 is 11.3 Å². The Labute approximate surface area is 104 Å². The molecule has 0 N–H and O–H groups in total. The van der Waals surface area contributed by atoms with E-state index in [1.165, 1.54) is 42.6 Å². The van der Waals surface area contributed by atoms with E-state index in [1.54, 1.807) is 5.57 Å². The third-order valence-electron chi connectivity index (χ3n) is 4.25. The summed E-state index contributed by atoms with van der Waals surface area (Å²) in [5.74, 6) is 1.55. The summed E-state index contributed by atoms with van der Waals surface area (Å²) < 4.78 is 0. The molecule has 0 saturated heterocycles. The normalized spacial score (nSPS) is 23.3. The highest BCUT2D eigenvalue weighted by Gasteiger charge is 2.35. The van der Waals surface area contributed by atoms with E-state index in [4.69, 9.17) is 5.32 Å². The van der Waals surface area contributed by atoms with Crippen LogP contribution in [0.3, 0.4) is 0 Å². The molecular weight excluding hydrogens is 206 g/mol. The summed E-state index contributed by atoms with van der Waals surface area (Å²) in [6.07, 6.45) is 5.12. The Morgan fingerprint density at radius 2 is 2.18 bits per heavy atom. The monoisotopic (exact) mass is 226 g/mol. The fraction of sp³-hybridized carbons (Fsp3) is 0.500. The summed E-state index contributed by atoms with van der Waals surface area (Å²) in [6, 6.07) is 8.63. The van der Waals surface area contributed by atoms with Gasteiger partial charge in [-0.2, -0.15) is 0 Å². The van der Waals surface area contributed by atoms with Gasteiger partial charge in [0, 0.05) is 11.3 Å². The van der Waals surface area contributed by atoms with Crippen LogP contribution in [0.25, 0.3) is 5.57 Å². The number of para-hydroxylation sites is 1. The largest absolute Gasteiger partial charge is 0.253 e. The number of nitrogens with zero attached hydrogens (tertiary/aromatic N) is 1. The number of benzene rings is 1. The number of fused-ring (bicyclic) bond motifs is 2. The molecule has 1 aromatic rings. The minimum absolute atomic E-state index is 0.748. The van der Waals surface area contributed by atoms with Gasteiger partial charge >= 0.3 is 0 Å². The van der Waals surface area contributed by atoms with E-state index in [9.17, 15) is 0 Å². The van der Waals surface area contributed by atoms with Gasteiger partial charge < -0.3 is 0 Å². The average Bonchev–Trinajstić information content (AvgIpc) is 2.87. The van der Waals surface area contributed by atoms with Crippen LogP contribution in [0.2, 0.25) is 0 Å². The van der Waals surface area contributed by atoms with Gasteiger partial charge in [0.05, 0.1) is 5.69 Å². The molecule has 3 rings (SSSR count). The zero-order valence-corrected chi connectivity index (χ0v) is 10.7. The lowest BCUT2D eigenvalue weighted by molar-refractivity contribution is 0.401. The molecular formula is C16H20N. The molecule has 89 valence electrons. The minimum atomic E-state index is 0.748. The van der Waals surface area contributed by atoms with Crippen molar-refractivity contribution in [2.24, 2.45) is 11.8 Å². The first kappa shape index (κ1) is 10.9. The number of allylic oxidation sites excluding steroid dienone is 2. The summed E-state index contributed by atoms with van der Waals surface area (Å²) in [5.41, 5.74) is 5.56. The van der Waals surface area contributed by atoms with Gasteiger partial charge in [-0.05, 0) is 36.3 Å². The summed E-state index contributed by atoms with van der Waals surface area (Å²) in [7, 11) is 0. The summed E-state index contributed by atoms with van der Waals surface area (Å²) in [4.78, 5) is 0. The van der Waals surface area contributed by atoms with Crippen molar-refractivity contribution in [3.63, 3.8) is 0 Å². The maximum atomic E-state index is 4.79. The molecule has 0 spiro atoms. The SMILES string of the molecule is CCCC(C)C1CCC2=C1c1ccccc1[N]2. The second-order valence-corrected chi connectivity index (χ2v) is 5.40. The van der Waals surface area contributed by atoms with Gasteiger partial charge in [0.25, 0.3) is 0 Å². The highest BCUT2D eigenvalue weighted by molar-refractivity contribution is 5.84. The molecule has 1 aliphatic heterocycles. The van der Waals surface area contributed by atoms with Gasteiger partial charge in [-0.25, -0.2) is 0 Å². The number of hydrogen-bond acceptors (Lipinski definition) is 0. The fourth-order valence-electron chi connectivity index (χ4n) is 3.43. The van der Waals surface area contributed by atoms with Crippen molar-refractivity contribution in [1.82, 2.24) is 5.32 Å². The molecule has 0 saturated carbocycles. The molecule has 1 radical (unpaired) electrons. The van der Waals surface area contributed by atoms with Gasteiger partial charge in [-0.1, -0.05) is 44.9 Å². The Hall–Kier alpha value is -1.24. The van der Waals surface area contributed by atoms with E-state index in [-0.39, 0.29) is 0 Å². The van der Waals surface area contributed by atoms with Crippen molar-refractivity contribution in [2.75, 3.05) is 0 Å². The average molecular weight is 226 g/mol. The molecule has 0 aromatic heterocycles. The van der Waals surface area contributed by atoms with Crippen LogP contribution in [0.4, 0.5) is 5.69 Å². The molecule has 1 aliphatic carbocycles. The molecule has 1 heteroatoms. The molecule has 1 aromatic carbocycles. The summed E-state index contributed by atoms with van der Waals surface area (Å²) in [6.45, 7) is 4.69. The van der Waals surface area contributed by atoms with Crippen molar-refractivity contribution in [3.05, 3.63) is 35.5 Å². The fourth-order valence-corrected chi connectivity index (χ4v) is 3.43. The summed E-state index contributed by atoms with van der Waals surface area (Å²) in [5, 5.41) is 4.79. The van der Waals surface area contributed by atoms with E-state index in [2.05, 4.69) is 38.1 Å². The van der Waals surface area contributed by atoms with Crippen molar-refractivity contribution in [2.45, 2.75) is 39.5 Å². The first-order chi connectivity index (χ1) is 8.31. The molecule has 17 heavy (non-hydrogen) atoms. The molecule has 2 unspecified atom stereocenters. The quantitative estimate of drug-likeness (QED) is 0.721. The third-order valence-corrected chi connectivity index (χ3v) is 4.25. The zero-order chi connectivity index (χ0) is 11.8. The van der Waals surface area contributed by atoms with Crippen LogP contribution in [0, 0.1) is 11.8 Å². The highest BCUT2D eigenvalue weighted by Crippen LogP contribution is 2.49. The second kappa shape index (κ2) is 4.21. The Balaban J connectivity index is 1.93. The standard InChI is InChI=1S/C16H20N/c1-3-6-11(2)12-9-10-15-16(12)13-7-4-5-8-14(13)17-15/h4-5,7-8,11-12H,3,6,9-10H2,1-2H3. The van der Waals surface area contributed by atoms with Gasteiger partial charge in [0.1, 0.15) is 0 Å². The Kier molecular flexibility index (Phi) is 2.70. The summed E-state index contributed by atoms with van der Waals surface area (Å²) >= 11 is 0. The highest BCUT2D eigenvalue weighted by atomic mass is 14.9. The number of hydrogen-bond donors (Lipinski definition) is 0. The van der Waals surface area contributed by atoms with Crippen molar-refractivity contribution in [3.8, 4) is 0 Å².